The molecule has 0 amide bonds. The van der Waals surface area contributed by atoms with E-state index in [-0.39, 0.29) is 32.0 Å². The summed E-state index contributed by atoms with van der Waals surface area (Å²) in [5, 5.41) is 0. The highest BCUT2D eigenvalue weighted by Crippen LogP contribution is 2.43. The molecule has 0 radical (unpaired) electrons. The van der Waals surface area contributed by atoms with Gasteiger partial charge in [0.1, 0.15) is 19.8 Å². The second-order valence-corrected chi connectivity index (χ2v) is 20.3. The number of hydrogen-bond donors (Lipinski definition) is 1. The Hall–Kier alpha value is -2.55. The van der Waals surface area contributed by atoms with Gasteiger partial charge in [0.2, 0.25) is 0 Å². The standard InChI is InChI=1S/C56H100NO8P/c1-6-8-10-12-14-16-18-20-22-24-26-28-30-32-34-36-38-40-42-44-46-48-55(58)62-52-54(53-64-66(60,61)63-51-50-57(3,4)5)65-56(59)49-47-45-43-41-39-37-35-33-31-29-27-25-23-21-19-17-15-13-11-9-7-2/h9,11,15,17,21,23,27,29,33,35,39,41,54H,6-8,10,12-14,16,18-20,22,24-26,28,30-32,34,36-38,40,42-53H2,1-5H3/p+1/b11-9-,17-15-,23-21-,29-27-,35-33-,41-39-. The van der Waals surface area contributed by atoms with Gasteiger partial charge in [0.05, 0.1) is 27.7 Å². The van der Waals surface area contributed by atoms with Crippen molar-refractivity contribution in [1.29, 1.82) is 0 Å². The van der Waals surface area contributed by atoms with Crippen molar-refractivity contribution in [3.8, 4) is 0 Å². The van der Waals surface area contributed by atoms with Crippen molar-refractivity contribution in [2.24, 2.45) is 0 Å². The number of phosphoric acid groups is 1. The number of hydrogen-bond acceptors (Lipinski definition) is 7. The Morgan fingerprint density at radius 2 is 0.864 bits per heavy atom. The smallest absolute Gasteiger partial charge is 0.462 e. The highest BCUT2D eigenvalue weighted by atomic mass is 31.2. The van der Waals surface area contributed by atoms with Gasteiger partial charge in [-0.15, -0.1) is 0 Å². The summed E-state index contributed by atoms with van der Waals surface area (Å²) in [6.07, 6.45) is 61.1. The maximum absolute atomic E-state index is 12.8. The normalized spacial score (nSPS) is 14.0. The van der Waals surface area contributed by atoms with Crippen molar-refractivity contribution in [1.82, 2.24) is 0 Å². The summed E-state index contributed by atoms with van der Waals surface area (Å²) in [4.78, 5) is 35.6. The lowest BCUT2D eigenvalue weighted by Crippen LogP contribution is -2.37. The maximum Gasteiger partial charge on any atom is 0.472 e. The molecule has 1 N–H and O–H groups in total. The largest absolute Gasteiger partial charge is 0.472 e. The van der Waals surface area contributed by atoms with Crippen LogP contribution in [0.15, 0.2) is 72.9 Å². The lowest BCUT2D eigenvalue weighted by Gasteiger charge is -2.24. The van der Waals surface area contributed by atoms with Gasteiger partial charge in [0.25, 0.3) is 0 Å². The fourth-order valence-electron chi connectivity index (χ4n) is 7.14. The molecule has 0 aliphatic carbocycles. The third kappa shape index (κ3) is 50.9. The molecular weight excluding hydrogens is 846 g/mol. The zero-order chi connectivity index (χ0) is 48.5. The fourth-order valence-corrected chi connectivity index (χ4v) is 7.88. The Balaban J connectivity index is 4.30. The van der Waals surface area contributed by atoms with Gasteiger partial charge in [0, 0.05) is 12.8 Å². The van der Waals surface area contributed by atoms with Crippen LogP contribution >= 0.6 is 7.82 Å². The molecule has 0 aromatic heterocycles. The minimum Gasteiger partial charge on any atom is -0.462 e. The number of ether oxygens (including phenoxy) is 2. The minimum atomic E-state index is -4.40. The van der Waals surface area contributed by atoms with Crippen molar-refractivity contribution in [2.45, 2.75) is 225 Å². The molecule has 0 saturated heterocycles. The molecule has 0 heterocycles. The summed E-state index contributed by atoms with van der Waals surface area (Å²) in [6.45, 7) is 4.28. The molecule has 0 bridgehead atoms. The molecule has 9 nitrogen and oxygen atoms in total. The van der Waals surface area contributed by atoms with Crippen LogP contribution in [-0.2, 0) is 32.7 Å². The summed E-state index contributed by atoms with van der Waals surface area (Å²) >= 11 is 0. The Bertz CT molecular complexity index is 1350. The molecular formula is C56H101NO8P+. The van der Waals surface area contributed by atoms with Gasteiger partial charge < -0.3 is 18.9 Å². The van der Waals surface area contributed by atoms with Crippen molar-refractivity contribution in [3.05, 3.63) is 72.9 Å². The number of nitrogens with zero attached hydrogens (tertiary/aromatic N) is 1. The summed E-state index contributed by atoms with van der Waals surface area (Å²) < 4.78 is 34.4. The Kier molecular flexibility index (Phi) is 45.7. The Morgan fingerprint density at radius 1 is 0.485 bits per heavy atom. The van der Waals surface area contributed by atoms with Gasteiger partial charge in [-0.25, -0.2) is 4.57 Å². The predicted molar refractivity (Wildman–Crippen MR) is 279 cm³/mol. The molecule has 0 aromatic carbocycles. The van der Waals surface area contributed by atoms with E-state index in [1.807, 2.05) is 21.1 Å². The van der Waals surface area contributed by atoms with E-state index in [1.54, 1.807) is 0 Å². The van der Waals surface area contributed by atoms with Crippen molar-refractivity contribution >= 4 is 19.8 Å². The van der Waals surface area contributed by atoms with E-state index >= 15 is 0 Å². The van der Waals surface area contributed by atoms with Crippen molar-refractivity contribution < 1.29 is 42.1 Å². The average Bonchev–Trinajstić information content (AvgIpc) is 3.27. The maximum atomic E-state index is 12.8. The predicted octanol–water partition coefficient (Wildman–Crippen LogP) is 16.1. The summed E-state index contributed by atoms with van der Waals surface area (Å²) in [6, 6.07) is 0. The fraction of sp³-hybridized carbons (Fsp3) is 0.750. The molecule has 0 rings (SSSR count). The first-order valence-corrected chi connectivity index (χ1v) is 28.2. The topological polar surface area (TPSA) is 108 Å². The second kappa shape index (κ2) is 47.5. The Labute approximate surface area is 406 Å². The number of rotatable bonds is 48. The SMILES string of the molecule is CC/C=C\C/C=C\C/C=C\C/C=C\C/C=C\C/C=C\CCCCC(=O)OC(COC(=O)CCCCCCCCCCCCCCCCCCCCCCC)COP(=O)(O)OCC[N+](C)(C)C. The van der Waals surface area contributed by atoms with Gasteiger partial charge in [0.15, 0.2) is 6.10 Å². The minimum absolute atomic E-state index is 0.0208. The number of esters is 2. The first kappa shape index (κ1) is 63.5. The van der Waals surface area contributed by atoms with Crippen LogP contribution in [0.3, 0.4) is 0 Å². The van der Waals surface area contributed by atoms with Gasteiger partial charge in [-0.05, 0) is 64.2 Å². The molecule has 0 fully saturated rings. The number of phosphoric ester groups is 1. The van der Waals surface area contributed by atoms with E-state index in [0.717, 1.165) is 70.6 Å². The van der Waals surface area contributed by atoms with Crippen molar-refractivity contribution in [2.75, 3.05) is 47.5 Å². The van der Waals surface area contributed by atoms with E-state index < -0.39 is 26.5 Å². The molecule has 10 heteroatoms. The van der Waals surface area contributed by atoms with Crippen LogP contribution in [0.25, 0.3) is 0 Å². The number of likely N-dealkylation sites (N-methyl/N-ethyl adjacent to an activating group) is 1. The monoisotopic (exact) mass is 947 g/mol. The molecule has 0 spiro atoms. The van der Waals surface area contributed by atoms with Gasteiger partial charge in [-0.1, -0.05) is 215 Å². The van der Waals surface area contributed by atoms with E-state index in [2.05, 4.69) is 86.8 Å². The zero-order valence-electron chi connectivity index (χ0n) is 43.2. The molecule has 0 aromatic rings. The Morgan fingerprint density at radius 3 is 1.29 bits per heavy atom. The quantitative estimate of drug-likeness (QED) is 0.0211. The van der Waals surface area contributed by atoms with E-state index in [9.17, 15) is 19.0 Å². The number of quaternary nitrogens is 1. The first-order valence-electron chi connectivity index (χ1n) is 26.7. The molecule has 66 heavy (non-hydrogen) atoms. The van der Waals surface area contributed by atoms with Crippen LogP contribution < -0.4 is 0 Å². The third-order valence-electron chi connectivity index (χ3n) is 11.3. The summed E-state index contributed by atoms with van der Waals surface area (Å²) in [5.74, 6) is -0.845. The summed E-state index contributed by atoms with van der Waals surface area (Å²) in [7, 11) is 1.44. The molecule has 2 atom stereocenters. The number of carbonyl (C=O) groups is 2. The highest BCUT2D eigenvalue weighted by molar-refractivity contribution is 7.47. The van der Waals surface area contributed by atoms with Gasteiger partial charge in [-0.2, -0.15) is 0 Å². The third-order valence-corrected chi connectivity index (χ3v) is 12.2. The molecule has 0 saturated carbocycles. The molecule has 382 valence electrons. The van der Waals surface area contributed by atoms with Crippen LogP contribution in [0.5, 0.6) is 0 Å². The zero-order valence-corrected chi connectivity index (χ0v) is 44.1. The van der Waals surface area contributed by atoms with Crippen LogP contribution in [-0.4, -0.2) is 74.9 Å². The average molecular weight is 947 g/mol. The van der Waals surface area contributed by atoms with Gasteiger partial charge in [-0.3, -0.25) is 18.6 Å². The number of carbonyl (C=O) groups excluding carboxylic acids is 2. The van der Waals surface area contributed by atoms with Crippen LogP contribution in [0, 0.1) is 0 Å². The van der Waals surface area contributed by atoms with E-state index in [0.29, 0.717) is 17.4 Å². The molecule has 0 aliphatic heterocycles. The summed E-state index contributed by atoms with van der Waals surface area (Å²) in [5.41, 5.74) is 0. The highest BCUT2D eigenvalue weighted by Gasteiger charge is 2.27. The molecule has 0 aliphatic rings. The lowest BCUT2D eigenvalue weighted by atomic mass is 10.0. The lowest BCUT2D eigenvalue weighted by molar-refractivity contribution is -0.870. The number of unbranched alkanes of at least 4 members (excludes halogenated alkanes) is 22. The van der Waals surface area contributed by atoms with Crippen LogP contribution in [0.1, 0.15) is 219 Å². The first-order chi connectivity index (χ1) is 32.0. The van der Waals surface area contributed by atoms with Gasteiger partial charge >= 0.3 is 19.8 Å². The van der Waals surface area contributed by atoms with Crippen molar-refractivity contribution in [3.63, 3.8) is 0 Å². The number of allylic oxidation sites excluding steroid dienone is 12. The van der Waals surface area contributed by atoms with E-state index in [1.165, 1.54) is 116 Å². The van der Waals surface area contributed by atoms with Crippen LogP contribution in [0.4, 0.5) is 0 Å². The second-order valence-electron chi connectivity index (χ2n) is 18.9. The van der Waals surface area contributed by atoms with Crippen LogP contribution in [0.2, 0.25) is 0 Å². The molecule has 2 unspecified atom stereocenters. The van der Waals surface area contributed by atoms with E-state index in [4.69, 9.17) is 18.5 Å².